The molecule has 242 valence electrons. The summed E-state index contributed by atoms with van der Waals surface area (Å²) < 4.78 is 0. The first-order chi connectivity index (χ1) is 25.8. The molecule has 9 aromatic rings. The molecule has 0 N–H and O–H groups in total. The van der Waals surface area contributed by atoms with Gasteiger partial charge in [-0.05, 0) is 102 Å². The van der Waals surface area contributed by atoms with Gasteiger partial charge in [0.05, 0.1) is 16.8 Å². The van der Waals surface area contributed by atoms with E-state index >= 15 is 0 Å². The fourth-order valence-corrected chi connectivity index (χ4v) is 9.30. The van der Waals surface area contributed by atoms with Crippen LogP contribution in [-0.2, 0) is 5.41 Å². The Morgan fingerprint density at radius 1 is 0.308 bits per heavy atom. The average Bonchev–Trinajstić information content (AvgIpc) is 3.49. The number of nitrogens with zero attached hydrogens (tertiary/aromatic N) is 1. The van der Waals surface area contributed by atoms with Gasteiger partial charge in [0.15, 0.2) is 0 Å². The van der Waals surface area contributed by atoms with Crippen molar-refractivity contribution >= 4 is 38.6 Å². The summed E-state index contributed by atoms with van der Waals surface area (Å²) in [7, 11) is 0. The van der Waals surface area contributed by atoms with Crippen LogP contribution in [0.4, 0.5) is 17.1 Å². The Hall–Kier alpha value is -6.70. The van der Waals surface area contributed by atoms with Crippen molar-refractivity contribution < 1.29 is 0 Å². The summed E-state index contributed by atoms with van der Waals surface area (Å²) in [5.74, 6) is 0. The Morgan fingerprint density at radius 3 is 1.40 bits per heavy atom. The van der Waals surface area contributed by atoms with Crippen LogP contribution in [-0.4, -0.2) is 0 Å². The summed E-state index contributed by atoms with van der Waals surface area (Å²) in [5, 5.41) is 5.06. The first-order valence-electron chi connectivity index (χ1n) is 18.1. The van der Waals surface area contributed by atoms with E-state index in [1.54, 1.807) is 0 Å². The fraction of sp³-hybridized carbons (Fsp3) is 0.0196. The number of hydrogen-bond donors (Lipinski definition) is 0. The van der Waals surface area contributed by atoms with Gasteiger partial charge in [-0.1, -0.05) is 164 Å². The van der Waals surface area contributed by atoms with Crippen molar-refractivity contribution in [3.05, 3.63) is 222 Å². The lowest BCUT2D eigenvalue weighted by Gasteiger charge is -2.35. The van der Waals surface area contributed by atoms with Crippen molar-refractivity contribution in [1.29, 1.82) is 0 Å². The number of hydrogen-bond acceptors (Lipinski definition) is 1. The lowest BCUT2D eigenvalue weighted by molar-refractivity contribution is 0.769. The van der Waals surface area contributed by atoms with Crippen molar-refractivity contribution in [2.24, 2.45) is 0 Å². The normalized spacial score (nSPS) is 13.5. The summed E-state index contributed by atoms with van der Waals surface area (Å²) in [6.45, 7) is 0. The molecule has 9 aromatic carbocycles. The SMILES string of the molecule is c1ccc(C2(c3ccccc3)c3ccc(N4c5ccccc5-c5cccc6cccc(c56)-c5ccccc54)cc3-c3cc4ccccc4cc32)cc1. The van der Waals surface area contributed by atoms with Gasteiger partial charge in [0.25, 0.3) is 0 Å². The van der Waals surface area contributed by atoms with E-state index in [4.69, 9.17) is 0 Å². The third-order valence-electron chi connectivity index (χ3n) is 11.4. The van der Waals surface area contributed by atoms with E-state index in [9.17, 15) is 0 Å². The van der Waals surface area contributed by atoms with Gasteiger partial charge in [-0.2, -0.15) is 0 Å². The summed E-state index contributed by atoms with van der Waals surface area (Å²) in [6.07, 6.45) is 0. The topological polar surface area (TPSA) is 3.24 Å². The third-order valence-corrected chi connectivity index (χ3v) is 11.4. The molecule has 52 heavy (non-hydrogen) atoms. The molecule has 0 atom stereocenters. The zero-order valence-corrected chi connectivity index (χ0v) is 28.5. The predicted molar refractivity (Wildman–Crippen MR) is 218 cm³/mol. The number of benzene rings is 9. The van der Waals surface area contributed by atoms with Crippen molar-refractivity contribution in [1.82, 2.24) is 0 Å². The van der Waals surface area contributed by atoms with Crippen LogP contribution in [0.2, 0.25) is 0 Å². The Labute approximate surface area is 303 Å². The molecule has 0 unspecified atom stereocenters. The number of fused-ring (bicyclic) bond motifs is 8. The first kappa shape index (κ1) is 29.1. The molecule has 0 saturated heterocycles. The summed E-state index contributed by atoms with van der Waals surface area (Å²) in [6, 6.07) is 74.3. The minimum Gasteiger partial charge on any atom is -0.309 e. The summed E-state index contributed by atoms with van der Waals surface area (Å²) in [5.41, 5.74) is 15.7. The Bertz CT molecular complexity index is 2730. The lowest BCUT2D eigenvalue weighted by atomic mass is 9.67. The Morgan fingerprint density at radius 2 is 0.788 bits per heavy atom. The highest BCUT2D eigenvalue weighted by Crippen LogP contribution is 2.59. The molecule has 1 aliphatic heterocycles. The highest BCUT2D eigenvalue weighted by atomic mass is 15.1. The van der Waals surface area contributed by atoms with Gasteiger partial charge in [0.2, 0.25) is 0 Å². The van der Waals surface area contributed by atoms with E-state index in [1.165, 1.54) is 88.6 Å². The first-order valence-corrected chi connectivity index (χ1v) is 18.1. The molecule has 0 amide bonds. The van der Waals surface area contributed by atoms with Crippen molar-refractivity contribution in [3.8, 4) is 33.4 Å². The number of rotatable bonds is 3. The molecule has 1 heteroatoms. The molecular weight excluding hydrogens is 627 g/mol. The van der Waals surface area contributed by atoms with Gasteiger partial charge < -0.3 is 4.90 Å². The van der Waals surface area contributed by atoms with Crippen LogP contribution >= 0.6 is 0 Å². The summed E-state index contributed by atoms with van der Waals surface area (Å²) >= 11 is 0. The van der Waals surface area contributed by atoms with Gasteiger partial charge in [-0.15, -0.1) is 0 Å². The molecule has 2 aliphatic rings. The zero-order chi connectivity index (χ0) is 34.2. The molecule has 11 rings (SSSR count). The second-order valence-electron chi connectivity index (χ2n) is 14.0. The molecule has 1 nitrogen and oxygen atoms in total. The van der Waals surface area contributed by atoms with Gasteiger partial charge >= 0.3 is 0 Å². The van der Waals surface area contributed by atoms with E-state index < -0.39 is 5.41 Å². The summed E-state index contributed by atoms with van der Waals surface area (Å²) in [4.78, 5) is 2.49. The molecule has 0 bridgehead atoms. The molecule has 0 aromatic heterocycles. The molecule has 1 aliphatic carbocycles. The van der Waals surface area contributed by atoms with Crippen molar-refractivity contribution in [2.45, 2.75) is 5.41 Å². The van der Waals surface area contributed by atoms with Gasteiger partial charge in [-0.25, -0.2) is 0 Å². The standard InChI is InChI=1S/C51H33N/c1-3-19-37(20-4-1)51(38-21-5-2-6-22-38)46-30-29-39(33-45(46)44-31-35-15-7-8-16-36(35)32-47(44)51)52-48-27-11-9-23-40(48)42-25-13-17-34-18-14-26-43(50(34)42)41-24-10-12-28-49(41)52/h1-33H. The smallest absolute Gasteiger partial charge is 0.0713 e. The van der Waals surface area contributed by atoms with E-state index in [0.717, 1.165) is 5.69 Å². The van der Waals surface area contributed by atoms with Gasteiger partial charge in [0.1, 0.15) is 0 Å². The number of para-hydroxylation sites is 2. The van der Waals surface area contributed by atoms with Crippen LogP contribution in [0.5, 0.6) is 0 Å². The van der Waals surface area contributed by atoms with Crippen molar-refractivity contribution in [3.63, 3.8) is 0 Å². The van der Waals surface area contributed by atoms with Gasteiger partial charge in [0, 0.05) is 16.8 Å². The van der Waals surface area contributed by atoms with Crippen LogP contribution in [0, 0.1) is 0 Å². The maximum atomic E-state index is 2.49. The van der Waals surface area contributed by atoms with Gasteiger partial charge in [-0.3, -0.25) is 0 Å². The molecule has 0 saturated carbocycles. The molecule has 0 fully saturated rings. The quantitative estimate of drug-likeness (QED) is 0.182. The molecular formula is C51H33N. The molecule has 0 radical (unpaired) electrons. The third kappa shape index (κ3) is 3.99. The van der Waals surface area contributed by atoms with Crippen LogP contribution in [0.1, 0.15) is 22.3 Å². The lowest BCUT2D eigenvalue weighted by Crippen LogP contribution is -2.28. The van der Waals surface area contributed by atoms with Crippen LogP contribution in [0.15, 0.2) is 200 Å². The number of anilines is 3. The largest absolute Gasteiger partial charge is 0.309 e. The highest BCUT2D eigenvalue weighted by Gasteiger charge is 2.46. The van der Waals surface area contributed by atoms with E-state index in [1.807, 2.05) is 0 Å². The average molecular weight is 660 g/mol. The molecule has 0 spiro atoms. The fourth-order valence-electron chi connectivity index (χ4n) is 9.30. The maximum absolute atomic E-state index is 2.49. The minimum absolute atomic E-state index is 0.476. The maximum Gasteiger partial charge on any atom is 0.0713 e. The zero-order valence-electron chi connectivity index (χ0n) is 28.5. The van der Waals surface area contributed by atoms with E-state index in [0.29, 0.717) is 0 Å². The van der Waals surface area contributed by atoms with Crippen LogP contribution in [0.3, 0.4) is 0 Å². The monoisotopic (exact) mass is 659 g/mol. The van der Waals surface area contributed by atoms with Crippen LogP contribution < -0.4 is 4.90 Å². The van der Waals surface area contributed by atoms with Crippen LogP contribution in [0.25, 0.3) is 54.9 Å². The minimum atomic E-state index is -0.476. The van der Waals surface area contributed by atoms with Crippen molar-refractivity contribution in [2.75, 3.05) is 4.90 Å². The second kappa shape index (κ2) is 11.2. The Kier molecular flexibility index (Phi) is 6.23. The van der Waals surface area contributed by atoms with E-state index in [-0.39, 0.29) is 0 Å². The predicted octanol–water partition coefficient (Wildman–Crippen LogP) is 13.5. The molecule has 1 heterocycles. The Balaban J connectivity index is 1.24. The highest BCUT2D eigenvalue weighted by molar-refractivity contribution is 6.12. The second-order valence-corrected chi connectivity index (χ2v) is 14.0. The van der Waals surface area contributed by atoms with E-state index in [2.05, 4.69) is 205 Å².